The van der Waals surface area contributed by atoms with E-state index in [9.17, 15) is 4.39 Å². The summed E-state index contributed by atoms with van der Waals surface area (Å²) in [5.74, 6) is 0.758. The van der Waals surface area contributed by atoms with E-state index in [0.717, 1.165) is 74.6 Å². The largest absolute Gasteiger partial charge is 0.367 e. The SMILES string of the molecule is CN=C(NCCCN1CCN(c2ccccc2F)CC1)N(C)Cc1csc(C)n1.I. The van der Waals surface area contributed by atoms with Crippen LogP contribution in [0.2, 0.25) is 0 Å². The number of hydrogen-bond acceptors (Lipinski definition) is 5. The molecule has 0 atom stereocenters. The molecule has 0 radical (unpaired) electrons. The van der Waals surface area contributed by atoms with Gasteiger partial charge < -0.3 is 15.1 Å². The van der Waals surface area contributed by atoms with E-state index in [0.29, 0.717) is 0 Å². The van der Waals surface area contributed by atoms with Crippen LogP contribution in [-0.4, -0.2) is 74.1 Å². The number of nitrogens with one attached hydrogen (secondary N) is 1. The van der Waals surface area contributed by atoms with Crippen LogP contribution in [-0.2, 0) is 6.54 Å². The van der Waals surface area contributed by atoms with Crippen molar-refractivity contribution >= 4 is 47.0 Å². The molecule has 9 heteroatoms. The molecule has 0 unspecified atom stereocenters. The van der Waals surface area contributed by atoms with Crippen molar-refractivity contribution in [3.63, 3.8) is 0 Å². The number of anilines is 1. The zero-order valence-electron chi connectivity index (χ0n) is 18.0. The molecule has 0 amide bonds. The fraction of sp³-hybridized carbons (Fsp3) is 0.524. The number of para-hydroxylation sites is 1. The minimum atomic E-state index is -0.131. The first-order valence-electron chi connectivity index (χ1n) is 10.1. The third-order valence-electron chi connectivity index (χ3n) is 5.14. The molecule has 1 saturated heterocycles. The summed E-state index contributed by atoms with van der Waals surface area (Å²) in [5.41, 5.74) is 1.79. The molecule has 6 nitrogen and oxygen atoms in total. The van der Waals surface area contributed by atoms with Crippen molar-refractivity contribution in [1.29, 1.82) is 0 Å². The van der Waals surface area contributed by atoms with E-state index in [1.807, 2.05) is 33.2 Å². The van der Waals surface area contributed by atoms with Gasteiger partial charge in [-0.3, -0.25) is 9.89 Å². The first-order chi connectivity index (χ1) is 14.1. The number of guanidine groups is 1. The highest BCUT2D eigenvalue weighted by Crippen LogP contribution is 2.20. The number of rotatable bonds is 7. The molecule has 0 spiro atoms. The number of aliphatic imine (C=N–C) groups is 1. The highest BCUT2D eigenvalue weighted by molar-refractivity contribution is 14.0. The molecule has 1 fully saturated rings. The lowest BCUT2D eigenvalue weighted by atomic mass is 10.2. The van der Waals surface area contributed by atoms with Gasteiger partial charge in [0.2, 0.25) is 0 Å². The summed E-state index contributed by atoms with van der Waals surface area (Å²) < 4.78 is 14.0. The standard InChI is InChI=1S/C21H31FN6S.HI/c1-17-25-18(16-29-17)15-26(3)21(23-2)24-9-6-10-27-11-13-28(14-12-27)20-8-5-4-7-19(20)22;/h4-5,7-8,16H,6,9-15H2,1-3H3,(H,23,24);1H. The molecule has 166 valence electrons. The Labute approximate surface area is 200 Å². The third kappa shape index (κ3) is 7.05. The van der Waals surface area contributed by atoms with Gasteiger partial charge in [0, 0.05) is 52.2 Å². The number of nitrogens with zero attached hydrogens (tertiary/aromatic N) is 5. The van der Waals surface area contributed by atoms with E-state index in [-0.39, 0.29) is 29.8 Å². The summed E-state index contributed by atoms with van der Waals surface area (Å²) in [4.78, 5) is 15.6. The fourth-order valence-corrected chi connectivity index (χ4v) is 4.21. The van der Waals surface area contributed by atoms with Crippen LogP contribution in [0.5, 0.6) is 0 Å². The van der Waals surface area contributed by atoms with E-state index in [4.69, 9.17) is 0 Å². The quantitative estimate of drug-likeness (QED) is 0.250. The number of thiazole rings is 1. The maximum Gasteiger partial charge on any atom is 0.193 e. The van der Waals surface area contributed by atoms with E-state index in [2.05, 4.69) is 35.4 Å². The first kappa shape index (κ1) is 24.8. The van der Waals surface area contributed by atoms with Crippen LogP contribution in [0.15, 0.2) is 34.6 Å². The second kappa shape index (κ2) is 12.4. The molecule has 1 N–H and O–H groups in total. The van der Waals surface area contributed by atoms with Crippen molar-refractivity contribution in [1.82, 2.24) is 20.1 Å². The summed E-state index contributed by atoms with van der Waals surface area (Å²) in [6.07, 6.45) is 1.04. The van der Waals surface area contributed by atoms with Gasteiger partial charge in [-0.05, 0) is 32.0 Å². The lowest BCUT2D eigenvalue weighted by Crippen LogP contribution is -2.47. The molecule has 1 aromatic heterocycles. The van der Waals surface area contributed by atoms with Crippen LogP contribution in [0.3, 0.4) is 0 Å². The smallest absolute Gasteiger partial charge is 0.193 e. The van der Waals surface area contributed by atoms with E-state index in [1.165, 1.54) is 6.07 Å². The molecule has 0 aliphatic carbocycles. The van der Waals surface area contributed by atoms with E-state index in [1.54, 1.807) is 17.4 Å². The van der Waals surface area contributed by atoms with Gasteiger partial charge in [-0.2, -0.15) is 0 Å². The minimum absolute atomic E-state index is 0. The highest BCUT2D eigenvalue weighted by atomic mass is 127. The van der Waals surface area contributed by atoms with Crippen molar-refractivity contribution in [3.05, 3.63) is 46.2 Å². The van der Waals surface area contributed by atoms with Crippen molar-refractivity contribution in [3.8, 4) is 0 Å². The van der Waals surface area contributed by atoms with Gasteiger partial charge in [0.15, 0.2) is 5.96 Å². The Balaban J connectivity index is 0.00000320. The Bertz CT molecular complexity index is 806. The zero-order chi connectivity index (χ0) is 20.6. The number of aromatic nitrogens is 1. The van der Waals surface area contributed by atoms with Gasteiger partial charge in [-0.25, -0.2) is 9.37 Å². The Hall–Kier alpha value is -1.46. The minimum Gasteiger partial charge on any atom is -0.367 e. The zero-order valence-corrected chi connectivity index (χ0v) is 21.1. The lowest BCUT2D eigenvalue weighted by Gasteiger charge is -2.36. The third-order valence-corrected chi connectivity index (χ3v) is 5.96. The molecule has 0 bridgehead atoms. The number of hydrogen-bond donors (Lipinski definition) is 1. The van der Waals surface area contributed by atoms with Crippen LogP contribution in [0.1, 0.15) is 17.1 Å². The lowest BCUT2D eigenvalue weighted by molar-refractivity contribution is 0.254. The summed E-state index contributed by atoms with van der Waals surface area (Å²) in [6.45, 7) is 8.35. The topological polar surface area (TPSA) is 47.0 Å². The Kier molecular flexibility index (Phi) is 10.3. The van der Waals surface area contributed by atoms with Crippen LogP contribution >= 0.6 is 35.3 Å². The van der Waals surface area contributed by atoms with E-state index >= 15 is 0 Å². The Morgan fingerprint density at radius 2 is 2.00 bits per heavy atom. The average Bonchev–Trinajstić information content (AvgIpc) is 3.13. The normalized spacial score (nSPS) is 15.1. The fourth-order valence-electron chi connectivity index (χ4n) is 3.61. The van der Waals surface area contributed by atoms with Crippen molar-refractivity contribution in [2.75, 3.05) is 58.3 Å². The first-order valence-corrected chi connectivity index (χ1v) is 11.0. The van der Waals surface area contributed by atoms with Gasteiger partial charge in [0.1, 0.15) is 5.82 Å². The monoisotopic (exact) mass is 546 g/mol. The average molecular weight is 546 g/mol. The van der Waals surface area contributed by atoms with Crippen LogP contribution in [0.25, 0.3) is 0 Å². The van der Waals surface area contributed by atoms with Crippen molar-refractivity contribution in [2.24, 2.45) is 4.99 Å². The van der Waals surface area contributed by atoms with Crippen molar-refractivity contribution < 1.29 is 4.39 Å². The van der Waals surface area contributed by atoms with Gasteiger partial charge in [-0.15, -0.1) is 35.3 Å². The molecule has 2 aromatic rings. The van der Waals surface area contributed by atoms with Gasteiger partial charge >= 0.3 is 0 Å². The van der Waals surface area contributed by atoms with Gasteiger partial charge in [-0.1, -0.05) is 12.1 Å². The second-order valence-corrected chi connectivity index (χ2v) is 8.38. The van der Waals surface area contributed by atoms with E-state index < -0.39 is 0 Å². The maximum absolute atomic E-state index is 14.0. The molecule has 2 heterocycles. The molecule has 1 aliphatic rings. The summed E-state index contributed by atoms with van der Waals surface area (Å²) in [5, 5.41) is 6.63. The predicted molar refractivity (Wildman–Crippen MR) is 135 cm³/mol. The highest BCUT2D eigenvalue weighted by Gasteiger charge is 2.18. The second-order valence-electron chi connectivity index (χ2n) is 7.32. The Morgan fingerprint density at radius 1 is 1.27 bits per heavy atom. The molecule has 1 aromatic carbocycles. The van der Waals surface area contributed by atoms with Crippen LogP contribution in [0, 0.1) is 12.7 Å². The summed E-state index contributed by atoms with van der Waals surface area (Å²) >= 11 is 1.67. The number of benzene rings is 1. The molecular weight excluding hydrogens is 514 g/mol. The Morgan fingerprint density at radius 3 is 2.63 bits per heavy atom. The van der Waals surface area contributed by atoms with Gasteiger partial charge in [0.05, 0.1) is 22.9 Å². The molecule has 3 rings (SSSR count). The van der Waals surface area contributed by atoms with Gasteiger partial charge in [0.25, 0.3) is 0 Å². The number of halogens is 2. The van der Waals surface area contributed by atoms with Crippen LogP contribution in [0.4, 0.5) is 10.1 Å². The molecule has 30 heavy (non-hydrogen) atoms. The molecular formula is C21H32FIN6S. The summed E-state index contributed by atoms with van der Waals surface area (Å²) in [7, 11) is 3.85. The predicted octanol–water partition coefficient (Wildman–Crippen LogP) is 3.43. The summed E-state index contributed by atoms with van der Waals surface area (Å²) in [6, 6.07) is 7.04. The number of aryl methyl sites for hydroxylation is 1. The van der Waals surface area contributed by atoms with Crippen molar-refractivity contribution in [2.45, 2.75) is 19.9 Å². The van der Waals surface area contributed by atoms with Crippen LogP contribution < -0.4 is 10.2 Å². The number of piperazine rings is 1. The molecule has 1 aliphatic heterocycles. The molecule has 0 saturated carbocycles. The maximum atomic E-state index is 14.0.